The van der Waals surface area contributed by atoms with Crippen molar-refractivity contribution >= 4 is 11.9 Å². The smallest absolute Gasteiger partial charge is 0.338 e. The summed E-state index contributed by atoms with van der Waals surface area (Å²) in [5.41, 5.74) is -0.672. The summed E-state index contributed by atoms with van der Waals surface area (Å²) in [6, 6.07) is 11.5. The highest BCUT2D eigenvalue weighted by molar-refractivity contribution is 5.91. The zero-order valence-corrected chi connectivity index (χ0v) is 24.0. The van der Waals surface area contributed by atoms with E-state index in [-0.39, 0.29) is 63.5 Å². The summed E-state index contributed by atoms with van der Waals surface area (Å²) in [6.45, 7) is 4.21. The van der Waals surface area contributed by atoms with E-state index < -0.39 is 35.7 Å². The van der Waals surface area contributed by atoms with E-state index in [1.165, 1.54) is 35.2 Å². The fraction of sp³-hybridized carbons (Fsp3) is 0.355. The number of carbonyl (C=O) groups excluding carboxylic acids is 2. The fourth-order valence-electron chi connectivity index (χ4n) is 5.57. The lowest BCUT2D eigenvalue weighted by molar-refractivity contribution is -0.176. The summed E-state index contributed by atoms with van der Waals surface area (Å²) >= 11 is 0. The fourth-order valence-corrected chi connectivity index (χ4v) is 5.57. The molecule has 1 heterocycles. The molecule has 3 aromatic carbocycles. The highest BCUT2D eigenvalue weighted by Crippen LogP contribution is 2.61. The lowest BCUT2D eigenvalue weighted by Crippen LogP contribution is -2.46. The molecule has 2 N–H and O–H groups in total. The summed E-state index contributed by atoms with van der Waals surface area (Å²) < 4.78 is 40.1. The molecule has 0 aromatic heterocycles. The van der Waals surface area contributed by atoms with Gasteiger partial charge >= 0.3 is 11.9 Å². The molecule has 0 unspecified atom stereocenters. The van der Waals surface area contributed by atoms with Crippen molar-refractivity contribution in [3.63, 3.8) is 0 Å². The molecule has 0 radical (unpaired) electrons. The average molecular weight is 581 g/mol. The Labute approximate surface area is 242 Å². The Bertz CT molecular complexity index is 1530. The second-order valence-corrected chi connectivity index (χ2v) is 10.2. The monoisotopic (exact) mass is 580 g/mol. The molecule has 0 bridgehead atoms. The molecule has 11 heteroatoms. The van der Waals surface area contributed by atoms with E-state index >= 15 is 0 Å². The van der Waals surface area contributed by atoms with Crippen molar-refractivity contribution in [3.05, 3.63) is 59.2 Å². The number of esters is 2. The van der Waals surface area contributed by atoms with Crippen LogP contribution in [-0.2, 0) is 14.3 Å². The van der Waals surface area contributed by atoms with E-state index in [1.807, 2.05) is 0 Å². The number of carbonyl (C=O) groups is 2. The van der Waals surface area contributed by atoms with Crippen LogP contribution in [0.5, 0.6) is 34.5 Å². The predicted octanol–water partition coefficient (Wildman–Crippen LogP) is 4.72. The van der Waals surface area contributed by atoms with Crippen LogP contribution in [0, 0.1) is 5.92 Å². The minimum absolute atomic E-state index is 0.0636. The van der Waals surface area contributed by atoms with Crippen LogP contribution in [0.25, 0.3) is 11.1 Å². The van der Waals surface area contributed by atoms with Gasteiger partial charge in [-0.3, -0.25) is 4.79 Å². The van der Waals surface area contributed by atoms with E-state index in [2.05, 4.69) is 0 Å². The second kappa shape index (κ2) is 11.0. The maximum absolute atomic E-state index is 13.4. The number of aromatic hydroxyl groups is 1. The zero-order chi connectivity index (χ0) is 30.3. The number of phenolic OH excluding ortho intramolecular Hbond substituents is 1. The van der Waals surface area contributed by atoms with Crippen LogP contribution >= 0.6 is 0 Å². The third-order valence-electron chi connectivity index (χ3n) is 7.80. The van der Waals surface area contributed by atoms with Gasteiger partial charge in [0.1, 0.15) is 11.7 Å². The normalized spacial score (nSPS) is 22.1. The number of fused-ring (bicyclic) bond motifs is 4. The third-order valence-corrected chi connectivity index (χ3v) is 7.80. The number of phenols is 1. The van der Waals surface area contributed by atoms with Gasteiger partial charge in [0.25, 0.3) is 0 Å². The summed E-state index contributed by atoms with van der Waals surface area (Å²) in [7, 11) is 4.24. The summed E-state index contributed by atoms with van der Waals surface area (Å²) in [6.07, 6.45) is -2.53. The molecule has 1 aliphatic carbocycles. The van der Waals surface area contributed by atoms with Gasteiger partial charge in [0, 0.05) is 35.1 Å². The third kappa shape index (κ3) is 4.59. The Kier molecular flexibility index (Phi) is 7.55. The molecule has 3 aromatic rings. The van der Waals surface area contributed by atoms with Crippen molar-refractivity contribution in [1.29, 1.82) is 0 Å². The molecule has 0 spiro atoms. The molecule has 2 aliphatic rings. The maximum Gasteiger partial charge on any atom is 0.338 e. The number of benzene rings is 3. The van der Waals surface area contributed by atoms with Crippen LogP contribution in [-0.4, -0.2) is 55.9 Å². The van der Waals surface area contributed by atoms with Gasteiger partial charge in [-0.2, -0.15) is 0 Å². The first-order valence-electron chi connectivity index (χ1n) is 13.2. The Morgan fingerprint density at radius 3 is 2.24 bits per heavy atom. The van der Waals surface area contributed by atoms with Crippen molar-refractivity contribution in [2.24, 2.45) is 5.92 Å². The molecule has 222 valence electrons. The van der Waals surface area contributed by atoms with E-state index in [1.54, 1.807) is 49.4 Å². The van der Waals surface area contributed by atoms with Gasteiger partial charge in [-0.15, -0.1) is 0 Å². The molecule has 0 fully saturated rings. The Morgan fingerprint density at radius 2 is 1.62 bits per heavy atom. The lowest BCUT2D eigenvalue weighted by Gasteiger charge is -2.43. The van der Waals surface area contributed by atoms with Gasteiger partial charge in [-0.1, -0.05) is 25.1 Å². The first-order valence-corrected chi connectivity index (χ1v) is 13.2. The number of hydrogen-bond acceptors (Lipinski definition) is 11. The minimum atomic E-state index is -1.85. The quantitative estimate of drug-likeness (QED) is 0.392. The number of hydrogen-bond donors (Lipinski definition) is 2. The Balaban J connectivity index is 1.90. The van der Waals surface area contributed by atoms with Crippen LogP contribution in [0.1, 0.15) is 54.5 Å². The molecule has 0 amide bonds. The van der Waals surface area contributed by atoms with Crippen LogP contribution in [0.3, 0.4) is 0 Å². The molecular formula is C31H32O11. The maximum atomic E-state index is 13.4. The zero-order valence-electron chi connectivity index (χ0n) is 24.0. The SMILES string of the molecule is COc1cc2c(c(OC)c1OC)-c1c(cc3c(c1O)OCO3)[C@H](OC(=O)c1ccccc1)[C@H](C)[C@](C)(O)[C@H]2OC(C)=O. The van der Waals surface area contributed by atoms with E-state index in [4.69, 9.17) is 33.2 Å². The standard InChI is InChI=1S/C31H32O11/c1-15-25(42-30(34)17-10-8-7-9-11-17)18-12-21-26(40-14-39-21)24(33)22(18)23-19(29(31(15,3)35)41-16(2)32)13-20(36-4)27(37-5)28(23)38-6/h7-13,15,25,29,33,35H,14H2,1-6H3/t15-,25+,29-,31-/m0/s1. The number of rotatable bonds is 6. The van der Waals surface area contributed by atoms with Gasteiger partial charge in [0.2, 0.25) is 18.3 Å². The first kappa shape index (κ1) is 28.9. The lowest BCUT2D eigenvalue weighted by atomic mass is 9.71. The molecule has 11 nitrogen and oxygen atoms in total. The summed E-state index contributed by atoms with van der Waals surface area (Å²) in [4.78, 5) is 25.9. The second-order valence-electron chi connectivity index (χ2n) is 10.2. The summed E-state index contributed by atoms with van der Waals surface area (Å²) in [5.74, 6) is -1.81. The Hall–Kier alpha value is -4.64. The number of methoxy groups -OCH3 is 3. The van der Waals surface area contributed by atoms with Crippen molar-refractivity contribution in [1.82, 2.24) is 0 Å². The summed E-state index contributed by atoms with van der Waals surface area (Å²) in [5, 5.41) is 23.9. The number of ether oxygens (including phenoxy) is 7. The van der Waals surface area contributed by atoms with Crippen LogP contribution in [0.2, 0.25) is 0 Å². The van der Waals surface area contributed by atoms with Crippen LogP contribution in [0.4, 0.5) is 0 Å². The molecule has 5 rings (SSSR count). The van der Waals surface area contributed by atoms with Crippen LogP contribution in [0.15, 0.2) is 42.5 Å². The first-order chi connectivity index (χ1) is 20.0. The molecule has 4 atom stereocenters. The molecule has 42 heavy (non-hydrogen) atoms. The van der Waals surface area contributed by atoms with Gasteiger partial charge in [0.15, 0.2) is 29.1 Å². The molecule has 0 saturated carbocycles. The van der Waals surface area contributed by atoms with E-state index in [0.717, 1.165) is 0 Å². The molecular weight excluding hydrogens is 548 g/mol. The molecule has 0 saturated heterocycles. The average Bonchev–Trinajstić information content (AvgIpc) is 3.46. The highest BCUT2D eigenvalue weighted by atomic mass is 16.7. The van der Waals surface area contributed by atoms with E-state index in [9.17, 15) is 19.8 Å². The molecule has 1 aliphatic heterocycles. The van der Waals surface area contributed by atoms with Gasteiger partial charge < -0.3 is 43.4 Å². The largest absolute Gasteiger partial charge is 0.504 e. The van der Waals surface area contributed by atoms with E-state index in [0.29, 0.717) is 5.56 Å². The topological polar surface area (TPSA) is 139 Å². The van der Waals surface area contributed by atoms with Crippen molar-refractivity contribution in [3.8, 4) is 45.6 Å². The number of aliphatic hydroxyl groups is 1. The Morgan fingerprint density at radius 1 is 0.929 bits per heavy atom. The van der Waals surface area contributed by atoms with Crippen LogP contribution < -0.4 is 23.7 Å². The van der Waals surface area contributed by atoms with Gasteiger partial charge in [0.05, 0.1) is 26.9 Å². The predicted molar refractivity (Wildman–Crippen MR) is 148 cm³/mol. The van der Waals surface area contributed by atoms with Crippen molar-refractivity contribution < 1.29 is 53.0 Å². The van der Waals surface area contributed by atoms with Crippen molar-refractivity contribution in [2.45, 2.75) is 38.6 Å². The van der Waals surface area contributed by atoms with Gasteiger partial charge in [-0.05, 0) is 31.2 Å². The minimum Gasteiger partial charge on any atom is -0.504 e. The van der Waals surface area contributed by atoms with Gasteiger partial charge in [-0.25, -0.2) is 4.79 Å². The highest BCUT2D eigenvalue weighted by Gasteiger charge is 2.51. The van der Waals surface area contributed by atoms with Crippen molar-refractivity contribution in [2.75, 3.05) is 28.1 Å².